The van der Waals surface area contributed by atoms with Crippen molar-refractivity contribution in [3.63, 3.8) is 0 Å². The second-order valence-corrected chi connectivity index (χ2v) is 7.75. The summed E-state index contributed by atoms with van der Waals surface area (Å²) in [5.41, 5.74) is 2.52. The molecule has 2 atom stereocenters. The SMILES string of the molecule is CC(C)CN1C(=O)CO[C@H](c2ccc(NC(=O)Cc3ccccc3)cc2)[C@H]1CO. The van der Waals surface area contributed by atoms with Gasteiger partial charge in [0.25, 0.3) is 0 Å². The molecule has 1 saturated heterocycles. The molecule has 1 heterocycles. The highest BCUT2D eigenvalue weighted by Gasteiger charge is 2.37. The maximum absolute atomic E-state index is 12.2. The summed E-state index contributed by atoms with van der Waals surface area (Å²) in [6.45, 7) is 4.50. The molecule has 154 valence electrons. The molecule has 2 N–H and O–H groups in total. The normalized spacial score (nSPS) is 19.4. The van der Waals surface area contributed by atoms with Crippen LogP contribution in [0.25, 0.3) is 0 Å². The van der Waals surface area contributed by atoms with Gasteiger partial charge in [0, 0.05) is 12.2 Å². The zero-order valence-electron chi connectivity index (χ0n) is 16.9. The van der Waals surface area contributed by atoms with E-state index in [1.165, 1.54) is 0 Å². The molecule has 1 aliphatic heterocycles. The summed E-state index contributed by atoms with van der Waals surface area (Å²) in [6.07, 6.45) is -0.0850. The first-order valence-corrected chi connectivity index (χ1v) is 9.93. The smallest absolute Gasteiger partial charge is 0.249 e. The van der Waals surface area contributed by atoms with Gasteiger partial charge in [-0.25, -0.2) is 0 Å². The van der Waals surface area contributed by atoms with Gasteiger partial charge < -0.3 is 20.1 Å². The minimum absolute atomic E-state index is 0.00342. The number of hydrogen-bond acceptors (Lipinski definition) is 4. The summed E-state index contributed by atoms with van der Waals surface area (Å²) in [7, 11) is 0. The summed E-state index contributed by atoms with van der Waals surface area (Å²) in [4.78, 5) is 26.2. The van der Waals surface area contributed by atoms with Crippen molar-refractivity contribution in [2.45, 2.75) is 32.4 Å². The molecule has 1 fully saturated rings. The Bertz CT molecular complexity index is 821. The van der Waals surface area contributed by atoms with E-state index in [0.717, 1.165) is 11.1 Å². The van der Waals surface area contributed by atoms with E-state index in [4.69, 9.17) is 4.74 Å². The van der Waals surface area contributed by atoms with Gasteiger partial charge in [-0.05, 0) is 29.2 Å². The molecular formula is C23H28N2O4. The summed E-state index contributed by atoms with van der Waals surface area (Å²) in [6, 6.07) is 16.5. The van der Waals surface area contributed by atoms with Gasteiger partial charge in [-0.2, -0.15) is 0 Å². The van der Waals surface area contributed by atoms with Gasteiger partial charge in [-0.15, -0.1) is 0 Å². The molecule has 3 rings (SSSR count). The van der Waals surface area contributed by atoms with E-state index in [1.54, 1.807) is 4.90 Å². The maximum Gasteiger partial charge on any atom is 0.249 e. The fourth-order valence-corrected chi connectivity index (χ4v) is 3.59. The average Bonchev–Trinajstić information content (AvgIpc) is 2.70. The lowest BCUT2D eigenvalue weighted by Crippen LogP contribution is -2.53. The van der Waals surface area contributed by atoms with Crippen LogP contribution in [0.1, 0.15) is 31.1 Å². The third-order valence-electron chi connectivity index (χ3n) is 4.94. The first-order valence-electron chi connectivity index (χ1n) is 9.93. The van der Waals surface area contributed by atoms with Crippen LogP contribution in [0.3, 0.4) is 0 Å². The molecular weight excluding hydrogens is 368 g/mol. The number of carbonyl (C=O) groups excluding carboxylic acids is 2. The Morgan fingerprint density at radius 1 is 1.17 bits per heavy atom. The van der Waals surface area contributed by atoms with E-state index in [9.17, 15) is 14.7 Å². The lowest BCUT2D eigenvalue weighted by Gasteiger charge is -2.41. The standard InChI is InChI=1S/C23H28N2O4/c1-16(2)13-25-20(14-26)23(29-15-22(25)28)18-8-10-19(11-9-18)24-21(27)12-17-6-4-3-5-7-17/h3-11,16,20,23,26H,12-15H2,1-2H3,(H,24,27)/t20-,23-/m1/s1. The molecule has 6 nitrogen and oxygen atoms in total. The van der Waals surface area contributed by atoms with Gasteiger partial charge >= 0.3 is 0 Å². The van der Waals surface area contributed by atoms with E-state index in [1.807, 2.05) is 68.4 Å². The van der Waals surface area contributed by atoms with Crippen molar-refractivity contribution in [2.75, 3.05) is 25.1 Å². The summed E-state index contributed by atoms with van der Waals surface area (Å²) >= 11 is 0. The highest BCUT2D eigenvalue weighted by molar-refractivity contribution is 5.92. The molecule has 0 spiro atoms. The molecule has 2 aromatic carbocycles. The Morgan fingerprint density at radius 2 is 1.86 bits per heavy atom. The molecule has 0 radical (unpaired) electrons. The van der Waals surface area contributed by atoms with E-state index < -0.39 is 12.1 Å². The van der Waals surface area contributed by atoms with Crippen molar-refractivity contribution in [3.8, 4) is 0 Å². The summed E-state index contributed by atoms with van der Waals surface area (Å²) < 4.78 is 5.75. The zero-order valence-corrected chi connectivity index (χ0v) is 16.9. The van der Waals surface area contributed by atoms with Crippen molar-refractivity contribution < 1.29 is 19.4 Å². The third-order valence-corrected chi connectivity index (χ3v) is 4.94. The molecule has 2 aromatic rings. The second-order valence-electron chi connectivity index (χ2n) is 7.75. The highest BCUT2D eigenvalue weighted by Crippen LogP contribution is 2.30. The van der Waals surface area contributed by atoms with Crippen LogP contribution >= 0.6 is 0 Å². The van der Waals surface area contributed by atoms with Crippen molar-refractivity contribution in [3.05, 3.63) is 65.7 Å². The number of carbonyl (C=O) groups is 2. The van der Waals surface area contributed by atoms with Gasteiger partial charge in [-0.1, -0.05) is 56.3 Å². The van der Waals surface area contributed by atoms with Gasteiger partial charge in [0.2, 0.25) is 11.8 Å². The highest BCUT2D eigenvalue weighted by atomic mass is 16.5. The lowest BCUT2D eigenvalue weighted by atomic mass is 9.98. The van der Waals surface area contributed by atoms with Gasteiger partial charge in [0.1, 0.15) is 12.7 Å². The monoisotopic (exact) mass is 396 g/mol. The number of aliphatic hydroxyl groups excluding tert-OH is 1. The topological polar surface area (TPSA) is 78.9 Å². The van der Waals surface area contributed by atoms with Crippen LogP contribution in [0, 0.1) is 5.92 Å². The van der Waals surface area contributed by atoms with E-state index in [-0.39, 0.29) is 25.0 Å². The fraction of sp³-hybridized carbons (Fsp3) is 0.391. The molecule has 29 heavy (non-hydrogen) atoms. The largest absolute Gasteiger partial charge is 0.394 e. The molecule has 1 aliphatic rings. The Hall–Kier alpha value is -2.70. The predicted molar refractivity (Wildman–Crippen MR) is 111 cm³/mol. The quantitative estimate of drug-likeness (QED) is 0.754. The number of benzene rings is 2. The number of anilines is 1. The third kappa shape index (κ3) is 5.43. The fourth-order valence-electron chi connectivity index (χ4n) is 3.59. The molecule has 6 heteroatoms. The number of hydrogen-bond donors (Lipinski definition) is 2. The number of morpholine rings is 1. The minimum atomic E-state index is -0.419. The number of nitrogens with one attached hydrogen (secondary N) is 1. The van der Waals surface area contributed by atoms with Crippen molar-refractivity contribution in [2.24, 2.45) is 5.92 Å². The molecule has 0 saturated carbocycles. The minimum Gasteiger partial charge on any atom is -0.394 e. The molecule has 2 amide bonds. The number of nitrogens with zero attached hydrogens (tertiary/aromatic N) is 1. The van der Waals surface area contributed by atoms with Gasteiger partial charge in [0.15, 0.2) is 0 Å². The molecule has 0 aromatic heterocycles. The van der Waals surface area contributed by atoms with Crippen molar-refractivity contribution in [1.29, 1.82) is 0 Å². The van der Waals surface area contributed by atoms with Gasteiger partial charge in [0.05, 0.1) is 19.1 Å². The van der Waals surface area contributed by atoms with Crippen LogP contribution in [0.2, 0.25) is 0 Å². The summed E-state index contributed by atoms with van der Waals surface area (Å²) in [5, 5.41) is 12.8. The Balaban J connectivity index is 1.67. The first kappa shape index (κ1) is 21.0. The summed E-state index contributed by atoms with van der Waals surface area (Å²) in [5.74, 6) is 0.118. The van der Waals surface area contributed by atoms with Crippen LogP contribution in [-0.2, 0) is 20.7 Å². The second kappa shape index (κ2) is 9.67. The Kier molecular flexibility index (Phi) is 7.01. The number of amides is 2. The predicted octanol–water partition coefficient (Wildman–Crippen LogP) is 2.78. The average molecular weight is 396 g/mol. The number of ether oxygens (including phenoxy) is 1. The van der Waals surface area contributed by atoms with Gasteiger partial charge in [-0.3, -0.25) is 9.59 Å². The van der Waals surface area contributed by atoms with E-state index >= 15 is 0 Å². The molecule has 0 unspecified atom stereocenters. The maximum atomic E-state index is 12.2. The van der Waals surface area contributed by atoms with Crippen LogP contribution in [0.4, 0.5) is 5.69 Å². The number of rotatable bonds is 7. The number of aliphatic hydroxyl groups is 1. The molecule has 0 bridgehead atoms. The van der Waals surface area contributed by atoms with E-state index in [0.29, 0.717) is 24.6 Å². The van der Waals surface area contributed by atoms with Crippen molar-refractivity contribution in [1.82, 2.24) is 4.90 Å². The Morgan fingerprint density at radius 3 is 2.48 bits per heavy atom. The first-order chi connectivity index (χ1) is 14.0. The Labute approximate surface area is 171 Å². The zero-order chi connectivity index (χ0) is 20.8. The van der Waals surface area contributed by atoms with Crippen LogP contribution < -0.4 is 5.32 Å². The van der Waals surface area contributed by atoms with Crippen LogP contribution in [-0.4, -0.2) is 47.6 Å². The van der Waals surface area contributed by atoms with Crippen molar-refractivity contribution >= 4 is 17.5 Å². The van der Waals surface area contributed by atoms with Crippen LogP contribution in [0.5, 0.6) is 0 Å². The van der Waals surface area contributed by atoms with Crippen LogP contribution in [0.15, 0.2) is 54.6 Å². The lowest BCUT2D eigenvalue weighted by molar-refractivity contribution is -0.161. The molecule has 0 aliphatic carbocycles. The van der Waals surface area contributed by atoms with E-state index in [2.05, 4.69) is 5.32 Å².